The van der Waals surface area contributed by atoms with Gasteiger partial charge in [0.2, 0.25) is 0 Å². The Morgan fingerprint density at radius 3 is 1.62 bits per heavy atom. The predicted octanol–water partition coefficient (Wildman–Crippen LogP) is 4.56. The summed E-state index contributed by atoms with van der Waals surface area (Å²) in [5, 5.41) is 7.15. The Labute approximate surface area is 193 Å². The van der Waals surface area contributed by atoms with Gasteiger partial charge in [-0.05, 0) is 0 Å². The summed E-state index contributed by atoms with van der Waals surface area (Å²) in [6.07, 6.45) is 0.619. The molecular formula is C21H18Cl2N4O4Sn. The molecule has 2 aromatic heterocycles. The Hall–Kier alpha value is -2.56. The van der Waals surface area contributed by atoms with Crippen LogP contribution in [-0.2, 0) is 0 Å². The third-order valence-corrected chi connectivity index (χ3v) is 10.7. The van der Waals surface area contributed by atoms with Gasteiger partial charge in [-0.2, -0.15) is 0 Å². The van der Waals surface area contributed by atoms with E-state index in [9.17, 15) is 9.59 Å². The maximum absolute atomic E-state index is 13.1. The summed E-state index contributed by atoms with van der Waals surface area (Å²) < 4.78 is 17.9. The molecule has 164 valence electrons. The van der Waals surface area contributed by atoms with E-state index in [1.807, 2.05) is 0 Å². The number of anilines is 4. The quantitative estimate of drug-likeness (QED) is 0.225. The van der Waals surface area contributed by atoms with Crippen LogP contribution < -0.4 is 28.6 Å². The van der Waals surface area contributed by atoms with Crippen molar-refractivity contribution in [1.29, 1.82) is 0 Å². The van der Waals surface area contributed by atoms with Crippen molar-refractivity contribution in [2.45, 2.75) is 6.42 Å². The van der Waals surface area contributed by atoms with Crippen LogP contribution in [0.25, 0.3) is 21.9 Å². The van der Waals surface area contributed by atoms with Gasteiger partial charge in [0.25, 0.3) is 0 Å². The third-order valence-electron chi connectivity index (χ3n) is 5.09. The van der Waals surface area contributed by atoms with Gasteiger partial charge in [0.1, 0.15) is 0 Å². The van der Waals surface area contributed by atoms with E-state index in [1.165, 1.54) is 0 Å². The molecule has 0 saturated carbocycles. The molecule has 0 amide bonds. The molecule has 0 atom stereocenters. The number of benzene rings is 2. The van der Waals surface area contributed by atoms with Gasteiger partial charge < -0.3 is 0 Å². The molecule has 0 aliphatic carbocycles. The van der Waals surface area contributed by atoms with E-state index in [-0.39, 0.29) is 34.0 Å². The molecule has 0 fully saturated rings. The van der Waals surface area contributed by atoms with Crippen molar-refractivity contribution < 1.29 is 8.83 Å². The number of para-hydroxylation sites is 2. The van der Waals surface area contributed by atoms with Gasteiger partial charge in [0.05, 0.1) is 0 Å². The van der Waals surface area contributed by atoms with Crippen molar-refractivity contribution in [2.24, 2.45) is 0 Å². The fourth-order valence-corrected chi connectivity index (χ4v) is 8.73. The molecule has 4 aromatic rings. The van der Waals surface area contributed by atoms with Gasteiger partial charge in [-0.1, -0.05) is 0 Å². The number of hydrogen-bond donors (Lipinski definition) is 4. The molecule has 0 saturated heterocycles. The van der Waals surface area contributed by atoms with Gasteiger partial charge in [0, 0.05) is 0 Å². The second kappa shape index (κ2) is 8.42. The van der Waals surface area contributed by atoms with Crippen molar-refractivity contribution >= 4 is 79.6 Å². The zero-order chi connectivity index (χ0) is 22.3. The van der Waals surface area contributed by atoms with E-state index >= 15 is 0 Å². The Bertz CT molecular complexity index is 1350. The van der Waals surface area contributed by atoms with Crippen LogP contribution in [0.4, 0.5) is 23.1 Å². The van der Waals surface area contributed by atoms with Crippen LogP contribution in [0.2, 0.25) is 0 Å². The van der Waals surface area contributed by atoms with Crippen molar-refractivity contribution in [2.75, 3.05) is 30.8 Å². The van der Waals surface area contributed by atoms with Crippen molar-refractivity contribution in [3.05, 3.63) is 69.0 Å². The molecule has 1 aliphatic rings. The molecule has 2 aromatic carbocycles. The van der Waals surface area contributed by atoms with Gasteiger partial charge >= 0.3 is 195 Å². The van der Waals surface area contributed by atoms with Crippen LogP contribution in [0.15, 0.2) is 67.0 Å². The molecule has 4 N–H and O–H groups in total. The topological polar surface area (TPSA) is 109 Å². The van der Waals surface area contributed by atoms with Gasteiger partial charge in [-0.3, -0.25) is 0 Å². The van der Waals surface area contributed by atoms with Crippen molar-refractivity contribution in [1.82, 2.24) is 0 Å². The van der Waals surface area contributed by atoms with Crippen LogP contribution in [0, 0.1) is 0 Å². The fourth-order valence-electron chi connectivity index (χ4n) is 3.61. The predicted molar refractivity (Wildman–Crippen MR) is 131 cm³/mol. The number of nitrogens with one attached hydrogen (secondary N) is 4. The number of rotatable bonds is 0. The second-order valence-electron chi connectivity index (χ2n) is 7.29. The molecule has 0 bridgehead atoms. The van der Waals surface area contributed by atoms with Gasteiger partial charge in [0.15, 0.2) is 0 Å². The normalized spacial score (nSPS) is 15.7. The van der Waals surface area contributed by atoms with Crippen LogP contribution in [-0.4, -0.2) is 29.8 Å². The van der Waals surface area contributed by atoms with Gasteiger partial charge in [-0.15, -0.1) is 0 Å². The Balaban J connectivity index is 1.64. The monoisotopic (exact) mass is 580 g/mol. The van der Waals surface area contributed by atoms with E-state index in [0.717, 1.165) is 0 Å². The number of fused-ring (bicyclic) bond motifs is 4. The number of halogens is 2. The zero-order valence-corrected chi connectivity index (χ0v) is 21.0. The van der Waals surface area contributed by atoms with Crippen molar-refractivity contribution in [3.8, 4) is 0 Å². The Morgan fingerprint density at radius 1 is 0.719 bits per heavy atom. The molecule has 8 nitrogen and oxygen atoms in total. The van der Waals surface area contributed by atoms with E-state index in [2.05, 4.69) is 17.7 Å². The summed E-state index contributed by atoms with van der Waals surface area (Å²) in [5.74, 6) is 0.306. The Kier molecular flexibility index (Phi) is 5.60. The summed E-state index contributed by atoms with van der Waals surface area (Å²) in [6, 6.07) is 13.9. The van der Waals surface area contributed by atoms with Crippen LogP contribution in [0.3, 0.4) is 0 Å². The second-order valence-corrected chi connectivity index (χ2v) is 20.9. The number of hydrogen-bond acceptors (Lipinski definition) is 8. The summed E-state index contributed by atoms with van der Waals surface area (Å²) in [5.41, 5.74) is 0.906. The van der Waals surface area contributed by atoms with Gasteiger partial charge in [-0.25, -0.2) is 0 Å². The maximum atomic E-state index is 13.1. The molecule has 32 heavy (non-hydrogen) atoms. The SMILES string of the molecule is O=c1c2c(oc3ccccc13)[NH][Sn]([Cl])([Cl])[NH]c1oc3ccccc3c(=O)c1NCCCN2. The average molecular weight is 580 g/mol. The van der Waals surface area contributed by atoms with Crippen LogP contribution >= 0.6 is 17.8 Å². The first-order valence-corrected chi connectivity index (χ1v) is 20.0. The van der Waals surface area contributed by atoms with E-state index in [4.69, 9.17) is 26.7 Å². The minimum atomic E-state index is -4.46. The minimum absolute atomic E-state index is 0.153. The van der Waals surface area contributed by atoms with E-state index < -0.39 is 16.7 Å². The molecular weight excluding hydrogens is 562 g/mol. The summed E-state index contributed by atoms with van der Waals surface area (Å²) in [6.45, 7) is 0.916. The van der Waals surface area contributed by atoms with E-state index in [0.29, 0.717) is 41.4 Å². The molecule has 5 rings (SSSR count). The van der Waals surface area contributed by atoms with E-state index in [1.54, 1.807) is 48.5 Å². The zero-order valence-electron chi connectivity index (χ0n) is 16.6. The summed E-state index contributed by atoms with van der Waals surface area (Å²) >= 11 is -4.46. The summed E-state index contributed by atoms with van der Waals surface area (Å²) in [7, 11) is 13.4. The fraction of sp³-hybridized carbons (Fsp3) is 0.143. The Morgan fingerprint density at radius 2 is 1.16 bits per heavy atom. The average Bonchev–Trinajstić information content (AvgIpc) is 2.76. The first-order chi connectivity index (χ1) is 15.4. The first kappa shape index (κ1) is 21.3. The molecule has 3 heterocycles. The third kappa shape index (κ3) is 3.98. The summed E-state index contributed by atoms with van der Waals surface area (Å²) in [4.78, 5) is 26.1. The van der Waals surface area contributed by atoms with Crippen molar-refractivity contribution in [3.63, 3.8) is 0 Å². The van der Waals surface area contributed by atoms with Crippen LogP contribution in [0.1, 0.15) is 6.42 Å². The first-order valence-electron chi connectivity index (χ1n) is 9.96. The molecule has 0 radical (unpaired) electrons. The molecule has 0 unspecified atom stereocenters. The standard InChI is InChI=1S/C21H20N4O4.2ClH.Sn/c22-20-16(18(26)12-6-1-3-8-14(12)28-20)24-10-5-11-25-17-19(27)13-7-2-4-9-15(13)29-21(17)23;;;/h1-4,6-9,24-25H,5,10-11H2,(H4,22,23,26,27);2*1H;/q;;;+4/p-4. The molecule has 1 aliphatic heterocycles. The molecule has 0 spiro atoms. The van der Waals surface area contributed by atoms with Crippen LogP contribution in [0.5, 0.6) is 0 Å². The molecule has 11 heteroatoms.